The average Bonchev–Trinajstić information content (AvgIpc) is 2.49. The van der Waals surface area contributed by atoms with Crippen LogP contribution in [0.4, 0.5) is 0 Å². The molecule has 1 aliphatic heterocycles. The van der Waals surface area contributed by atoms with Crippen LogP contribution in [0.5, 0.6) is 0 Å². The van der Waals surface area contributed by atoms with E-state index in [-0.39, 0.29) is 9.28 Å². The van der Waals surface area contributed by atoms with Crippen LogP contribution in [0.25, 0.3) is 0 Å². The highest BCUT2D eigenvalue weighted by atomic mass is 29.6. The molecule has 2 aromatic carbocycles. The van der Waals surface area contributed by atoms with E-state index >= 15 is 0 Å². The van der Waals surface area contributed by atoms with Gasteiger partial charge in [0.25, 0.3) is 0 Å². The van der Waals surface area contributed by atoms with Crippen LogP contribution < -0.4 is 10.4 Å². The molecule has 1 saturated heterocycles. The van der Waals surface area contributed by atoms with E-state index in [1.165, 1.54) is 6.04 Å². The molecule has 1 nitrogen and oxygen atoms in total. The lowest BCUT2D eigenvalue weighted by Crippen LogP contribution is -2.79. The summed E-state index contributed by atoms with van der Waals surface area (Å²) in [7, 11) is -3.24. The maximum atomic E-state index is 6.02. The first kappa shape index (κ1) is 14.0. The second-order valence-corrected chi connectivity index (χ2v) is 29.2. The predicted octanol–water partition coefficient (Wildman–Crippen LogP) is 1.65. The molecule has 1 fully saturated rings. The van der Waals surface area contributed by atoms with E-state index in [0.717, 1.165) is 6.61 Å². The van der Waals surface area contributed by atoms with Crippen LogP contribution >= 0.6 is 0 Å². The number of rotatable bonds is 2. The molecule has 1 heterocycles. The van der Waals surface area contributed by atoms with Gasteiger partial charge in [0, 0.05) is 6.61 Å². The van der Waals surface area contributed by atoms with Gasteiger partial charge in [-0.3, -0.25) is 0 Å². The van der Waals surface area contributed by atoms with Crippen molar-refractivity contribution in [3.05, 3.63) is 60.7 Å². The molecule has 0 N–H and O–H groups in total. The van der Waals surface area contributed by atoms with E-state index in [9.17, 15) is 0 Å². The van der Waals surface area contributed by atoms with Crippen LogP contribution in [-0.2, 0) is 4.43 Å². The molecule has 0 saturated carbocycles. The fraction of sp³-hybridized carbons (Fsp3) is 0.250. The quantitative estimate of drug-likeness (QED) is 0.766. The summed E-state index contributed by atoms with van der Waals surface area (Å²) in [6.07, 6.45) is 0. The SMILES string of the molecule is C[Si]1(C)[SiH2]OCC[Si]1(c1ccccc1)c1ccccc1. The molecule has 3 rings (SSSR count). The van der Waals surface area contributed by atoms with Crippen molar-refractivity contribution in [2.75, 3.05) is 6.61 Å². The zero-order valence-electron chi connectivity index (χ0n) is 12.3. The summed E-state index contributed by atoms with van der Waals surface area (Å²) < 4.78 is 6.02. The van der Waals surface area contributed by atoms with Crippen LogP contribution in [-0.4, -0.2) is 30.6 Å². The van der Waals surface area contributed by atoms with Crippen molar-refractivity contribution in [2.24, 2.45) is 0 Å². The molecule has 0 spiro atoms. The Kier molecular flexibility index (Phi) is 3.81. The summed E-state index contributed by atoms with van der Waals surface area (Å²) >= 11 is 0. The van der Waals surface area contributed by atoms with Crippen molar-refractivity contribution in [3.63, 3.8) is 0 Å². The molecule has 1 aliphatic rings. The van der Waals surface area contributed by atoms with Gasteiger partial charge in [-0.1, -0.05) is 84.1 Å². The molecule has 0 unspecified atom stereocenters. The molecule has 0 aromatic heterocycles. The van der Waals surface area contributed by atoms with Crippen LogP contribution in [0.15, 0.2) is 60.7 Å². The third kappa shape index (κ3) is 2.16. The first-order chi connectivity index (χ1) is 9.67. The van der Waals surface area contributed by atoms with Crippen LogP contribution in [0, 0.1) is 0 Å². The topological polar surface area (TPSA) is 9.23 Å². The molecule has 104 valence electrons. The third-order valence-corrected chi connectivity index (χ3v) is 30.8. The Morgan fingerprint density at radius 1 is 0.850 bits per heavy atom. The van der Waals surface area contributed by atoms with Gasteiger partial charge in [0.1, 0.15) is 16.9 Å². The molecule has 0 atom stereocenters. The maximum absolute atomic E-state index is 6.02. The Hall–Kier alpha value is -0.949. The molecule has 0 amide bonds. The first-order valence-corrected chi connectivity index (χ1v) is 16.5. The summed E-state index contributed by atoms with van der Waals surface area (Å²) in [6.45, 7) is 6.16. The van der Waals surface area contributed by atoms with E-state index in [2.05, 4.69) is 73.8 Å². The normalized spacial score (nSPS) is 21.7. The Labute approximate surface area is 125 Å². The van der Waals surface area contributed by atoms with Crippen molar-refractivity contribution >= 4 is 34.4 Å². The molecule has 0 radical (unpaired) electrons. The fourth-order valence-electron chi connectivity index (χ4n) is 3.70. The van der Waals surface area contributed by atoms with Gasteiger partial charge in [-0.05, 0) is 6.04 Å². The smallest absolute Gasteiger partial charge is 0.148 e. The minimum absolute atomic E-state index is 0.355. The molecule has 20 heavy (non-hydrogen) atoms. The van der Waals surface area contributed by atoms with Crippen molar-refractivity contribution in [1.82, 2.24) is 0 Å². The van der Waals surface area contributed by atoms with Crippen LogP contribution in [0.1, 0.15) is 0 Å². The van der Waals surface area contributed by atoms with Gasteiger partial charge >= 0.3 is 0 Å². The molecule has 0 aliphatic carbocycles. The van der Waals surface area contributed by atoms with Crippen LogP contribution in [0.2, 0.25) is 19.1 Å². The Bertz CT molecular complexity index is 529. The fourth-order valence-corrected chi connectivity index (χ4v) is 29.3. The minimum atomic E-state index is -1.59. The van der Waals surface area contributed by atoms with Gasteiger partial charge in [-0.15, -0.1) is 0 Å². The molecule has 2 aromatic rings. The van der Waals surface area contributed by atoms with Gasteiger partial charge in [0.15, 0.2) is 0 Å². The second-order valence-electron chi connectivity index (χ2n) is 6.32. The molecule has 4 heteroatoms. The first-order valence-electron chi connectivity index (χ1n) is 7.36. The zero-order valence-corrected chi connectivity index (χ0v) is 15.7. The Morgan fingerprint density at radius 2 is 1.35 bits per heavy atom. The van der Waals surface area contributed by atoms with Gasteiger partial charge < -0.3 is 4.43 Å². The van der Waals surface area contributed by atoms with E-state index in [1.54, 1.807) is 10.4 Å². The van der Waals surface area contributed by atoms with Gasteiger partial charge in [0.05, 0.1) is 7.11 Å². The average molecular weight is 315 g/mol. The summed E-state index contributed by atoms with van der Waals surface area (Å²) in [5.41, 5.74) is 0. The molecular formula is C16H22OSi3. The van der Waals surface area contributed by atoms with Crippen molar-refractivity contribution in [3.8, 4) is 0 Å². The van der Waals surface area contributed by atoms with Crippen molar-refractivity contribution in [2.45, 2.75) is 19.1 Å². The molecule has 0 bridgehead atoms. The molecular weight excluding hydrogens is 292 g/mol. The van der Waals surface area contributed by atoms with E-state index < -0.39 is 14.7 Å². The number of benzene rings is 2. The van der Waals surface area contributed by atoms with E-state index in [4.69, 9.17) is 4.43 Å². The zero-order chi connectivity index (χ0) is 14.1. The summed E-state index contributed by atoms with van der Waals surface area (Å²) in [4.78, 5) is 0. The summed E-state index contributed by atoms with van der Waals surface area (Å²) in [5.74, 6) is 0. The highest BCUT2D eigenvalue weighted by molar-refractivity contribution is 7.66. The monoisotopic (exact) mass is 314 g/mol. The minimum Gasteiger partial charge on any atom is -0.428 e. The highest BCUT2D eigenvalue weighted by Gasteiger charge is 2.53. The lowest BCUT2D eigenvalue weighted by atomic mass is 10.4. The number of hydrogen-bond acceptors (Lipinski definition) is 1. The summed E-state index contributed by atoms with van der Waals surface area (Å²) in [5, 5.41) is 3.28. The van der Waals surface area contributed by atoms with Gasteiger partial charge in [0.2, 0.25) is 0 Å². The Morgan fingerprint density at radius 3 is 1.80 bits per heavy atom. The highest BCUT2D eigenvalue weighted by Crippen LogP contribution is 2.26. The largest absolute Gasteiger partial charge is 0.428 e. The predicted molar refractivity (Wildman–Crippen MR) is 94.7 cm³/mol. The van der Waals surface area contributed by atoms with Gasteiger partial charge in [-0.2, -0.15) is 0 Å². The van der Waals surface area contributed by atoms with Crippen LogP contribution in [0.3, 0.4) is 0 Å². The van der Waals surface area contributed by atoms with Crippen molar-refractivity contribution in [1.29, 1.82) is 0 Å². The van der Waals surface area contributed by atoms with Gasteiger partial charge in [-0.25, -0.2) is 0 Å². The maximum Gasteiger partial charge on any atom is 0.148 e. The number of hydrogen-bond donors (Lipinski definition) is 0. The second kappa shape index (κ2) is 5.44. The third-order valence-electron chi connectivity index (χ3n) is 4.77. The standard InChI is InChI=1S/C16H22OSi3/c1-19(2)18-17-13-14-20(19,15-9-5-3-6-10-15)16-11-7-4-8-12-16/h3-12H,13-14,18H2,1-2H3. The van der Waals surface area contributed by atoms with E-state index in [0.29, 0.717) is 0 Å². The Balaban J connectivity index is 2.23. The van der Waals surface area contributed by atoms with E-state index in [1.807, 2.05) is 0 Å². The summed E-state index contributed by atoms with van der Waals surface area (Å²) in [6, 6.07) is 24.0. The lowest BCUT2D eigenvalue weighted by Gasteiger charge is -2.47. The van der Waals surface area contributed by atoms with Crippen molar-refractivity contribution < 1.29 is 4.43 Å². The lowest BCUT2D eigenvalue weighted by molar-refractivity contribution is 0.365.